The molecule has 0 spiro atoms. The van der Waals surface area contributed by atoms with Crippen LogP contribution >= 0.6 is 0 Å². The largest absolute Gasteiger partial charge is 0.475 e. The van der Waals surface area contributed by atoms with Gasteiger partial charge in [0.05, 0.1) is 6.61 Å². The summed E-state index contributed by atoms with van der Waals surface area (Å²) in [5.74, 6) is 1.51. The van der Waals surface area contributed by atoms with E-state index >= 15 is 0 Å². The summed E-state index contributed by atoms with van der Waals surface area (Å²) < 4.78 is 11.5. The lowest BCUT2D eigenvalue weighted by Gasteiger charge is -2.12. The first kappa shape index (κ1) is 19.0. The topological polar surface area (TPSA) is 30.8 Å². The van der Waals surface area contributed by atoms with Crippen LogP contribution in [0.5, 0.6) is 0 Å². The smallest absolute Gasteiger partial charge is 0.216 e. The van der Waals surface area contributed by atoms with Crippen LogP contribution in [-0.4, -0.2) is 31.8 Å². The van der Waals surface area contributed by atoms with Crippen LogP contribution in [0.3, 0.4) is 0 Å². The van der Waals surface area contributed by atoms with Crippen LogP contribution in [0.2, 0.25) is 0 Å². The zero-order valence-corrected chi connectivity index (χ0v) is 15.4. The van der Waals surface area contributed by atoms with Gasteiger partial charge in [0.25, 0.3) is 0 Å². The molecular weight excluding hydrogens is 298 g/mol. The van der Waals surface area contributed by atoms with E-state index in [0.29, 0.717) is 13.2 Å². The predicted octanol–water partition coefficient (Wildman–Crippen LogP) is 5.24. The number of hydrogen-bond acceptors (Lipinski definition) is 3. The lowest BCUT2D eigenvalue weighted by atomic mass is 9.99. The lowest BCUT2D eigenvalue weighted by Crippen LogP contribution is -2.16. The zero-order valence-electron chi connectivity index (χ0n) is 15.4. The van der Waals surface area contributed by atoms with Gasteiger partial charge in [0.15, 0.2) is 0 Å². The third-order valence-corrected chi connectivity index (χ3v) is 4.60. The number of aliphatic imine (C=N–C) groups is 1. The summed E-state index contributed by atoms with van der Waals surface area (Å²) in [6.07, 6.45) is 9.32. The van der Waals surface area contributed by atoms with E-state index in [9.17, 15) is 0 Å². The zero-order chi connectivity index (χ0) is 17.0. The van der Waals surface area contributed by atoms with Crippen molar-refractivity contribution in [3.63, 3.8) is 0 Å². The highest BCUT2D eigenvalue weighted by Crippen LogP contribution is 2.15. The van der Waals surface area contributed by atoms with Crippen molar-refractivity contribution < 1.29 is 9.47 Å². The van der Waals surface area contributed by atoms with Crippen LogP contribution in [0, 0.1) is 5.92 Å². The first-order chi connectivity index (χ1) is 11.8. The first-order valence-corrected chi connectivity index (χ1v) is 9.63. The first-order valence-electron chi connectivity index (χ1n) is 9.63. The van der Waals surface area contributed by atoms with Gasteiger partial charge in [-0.1, -0.05) is 70.6 Å². The molecule has 1 heterocycles. The molecule has 0 saturated carbocycles. The third kappa shape index (κ3) is 7.04. The summed E-state index contributed by atoms with van der Waals surface area (Å²) in [5, 5.41) is 0. The Kier molecular flexibility index (Phi) is 8.90. The van der Waals surface area contributed by atoms with Crippen molar-refractivity contribution in [3.8, 4) is 0 Å². The fourth-order valence-corrected chi connectivity index (χ4v) is 2.98. The molecule has 0 bridgehead atoms. The van der Waals surface area contributed by atoms with Gasteiger partial charge in [-0.25, -0.2) is 4.99 Å². The second-order valence-corrected chi connectivity index (χ2v) is 6.94. The van der Waals surface area contributed by atoms with E-state index in [-0.39, 0.29) is 6.04 Å². The molecule has 1 aliphatic rings. The van der Waals surface area contributed by atoms with Gasteiger partial charge in [-0.2, -0.15) is 0 Å². The van der Waals surface area contributed by atoms with Gasteiger partial charge < -0.3 is 9.47 Å². The molecule has 24 heavy (non-hydrogen) atoms. The number of unbranched alkanes of at least 4 members (excludes halogenated alkanes) is 4. The fourth-order valence-electron chi connectivity index (χ4n) is 2.98. The van der Waals surface area contributed by atoms with E-state index in [4.69, 9.17) is 9.47 Å². The van der Waals surface area contributed by atoms with Gasteiger partial charge in [0, 0.05) is 12.2 Å². The Morgan fingerprint density at radius 1 is 1.12 bits per heavy atom. The summed E-state index contributed by atoms with van der Waals surface area (Å²) in [6, 6.07) is 10.2. The Labute approximate surface area is 147 Å². The van der Waals surface area contributed by atoms with E-state index in [0.717, 1.165) is 30.4 Å². The van der Waals surface area contributed by atoms with Gasteiger partial charge >= 0.3 is 0 Å². The molecule has 0 saturated heterocycles. The number of nitrogens with zero attached hydrogens (tertiary/aromatic N) is 1. The molecule has 1 aliphatic heterocycles. The van der Waals surface area contributed by atoms with Crippen LogP contribution in [0.4, 0.5) is 0 Å². The summed E-state index contributed by atoms with van der Waals surface area (Å²) >= 11 is 0. The molecule has 3 nitrogen and oxygen atoms in total. The summed E-state index contributed by atoms with van der Waals surface area (Å²) in [4.78, 5) is 4.62. The molecule has 0 aliphatic carbocycles. The van der Waals surface area contributed by atoms with Gasteiger partial charge in [-0.15, -0.1) is 0 Å². The maximum Gasteiger partial charge on any atom is 0.216 e. The average Bonchev–Trinajstić information content (AvgIpc) is 3.08. The molecule has 0 amide bonds. The van der Waals surface area contributed by atoms with E-state index in [1.807, 2.05) is 30.3 Å². The molecule has 3 heteroatoms. The monoisotopic (exact) mass is 331 g/mol. The van der Waals surface area contributed by atoms with Crippen LogP contribution < -0.4 is 0 Å². The molecule has 1 aromatic carbocycles. The Morgan fingerprint density at radius 2 is 1.92 bits per heavy atom. The van der Waals surface area contributed by atoms with Gasteiger partial charge in [-0.3, -0.25) is 0 Å². The van der Waals surface area contributed by atoms with Crippen molar-refractivity contribution in [2.45, 2.75) is 64.8 Å². The second kappa shape index (κ2) is 11.2. The predicted molar refractivity (Wildman–Crippen MR) is 101 cm³/mol. The molecule has 2 atom stereocenters. The van der Waals surface area contributed by atoms with Crippen LogP contribution in [0.25, 0.3) is 0 Å². The number of benzene rings is 1. The number of ether oxygens (including phenoxy) is 2. The SMILES string of the molecule is CCCCCCC[C@@H](C)CCOC[C@H]1COC(c2ccccc2)=N1. The van der Waals surface area contributed by atoms with Crippen molar-refractivity contribution in [3.05, 3.63) is 35.9 Å². The van der Waals surface area contributed by atoms with Crippen molar-refractivity contribution in [2.24, 2.45) is 10.9 Å². The van der Waals surface area contributed by atoms with Gasteiger partial charge in [-0.05, 0) is 24.5 Å². The maximum absolute atomic E-state index is 5.83. The minimum Gasteiger partial charge on any atom is -0.475 e. The minimum absolute atomic E-state index is 0.143. The second-order valence-electron chi connectivity index (χ2n) is 6.94. The molecular formula is C21H33NO2. The number of rotatable bonds is 12. The van der Waals surface area contributed by atoms with E-state index in [2.05, 4.69) is 18.8 Å². The summed E-state index contributed by atoms with van der Waals surface area (Å²) in [6.45, 7) is 6.75. The van der Waals surface area contributed by atoms with Crippen LogP contribution in [0.15, 0.2) is 35.3 Å². The normalized spacial score (nSPS) is 18.2. The molecule has 2 rings (SSSR count). The third-order valence-electron chi connectivity index (χ3n) is 4.60. The highest BCUT2D eigenvalue weighted by Gasteiger charge is 2.20. The standard InChI is InChI=1S/C21H33NO2/c1-3-4-5-6-8-11-18(2)14-15-23-16-20-17-24-21(22-20)19-12-9-7-10-13-19/h7,9-10,12-13,18,20H,3-6,8,11,14-17H2,1-2H3/t18-,20+/m1/s1. The number of hydrogen-bond donors (Lipinski definition) is 0. The summed E-state index contributed by atoms with van der Waals surface area (Å²) in [7, 11) is 0. The highest BCUT2D eigenvalue weighted by atomic mass is 16.5. The van der Waals surface area contributed by atoms with Crippen molar-refractivity contribution >= 4 is 5.90 Å². The molecule has 0 aromatic heterocycles. The molecule has 0 fully saturated rings. The van der Waals surface area contributed by atoms with Crippen molar-refractivity contribution in [2.75, 3.05) is 19.8 Å². The Hall–Kier alpha value is -1.35. The Balaban J connectivity index is 1.54. The molecule has 0 N–H and O–H groups in total. The molecule has 0 unspecified atom stereocenters. The highest BCUT2D eigenvalue weighted by molar-refractivity contribution is 5.95. The van der Waals surface area contributed by atoms with E-state index in [1.54, 1.807) is 0 Å². The lowest BCUT2D eigenvalue weighted by molar-refractivity contribution is 0.101. The van der Waals surface area contributed by atoms with Crippen LogP contribution in [-0.2, 0) is 9.47 Å². The Morgan fingerprint density at radius 3 is 2.71 bits per heavy atom. The molecule has 1 aromatic rings. The van der Waals surface area contributed by atoms with Gasteiger partial charge in [0.2, 0.25) is 5.90 Å². The summed E-state index contributed by atoms with van der Waals surface area (Å²) in [5.41, 5.74) is 1.05. The van der Waals surface area contributed by atoms with Crippen LogP contribution in [0.1, 0.15) is 64.4 Å². The van der Waals surface area contributed by atoms with Gasteiger partial charge in [0.1, 0.15) is 12.6 Å². The maximum atomic E-state index is 5.83. The Bertz CT molecular complexity index is 472. The molecule has 134 valence electrons. The van der Waals surface area contributed by atoms with Crippen molar-refractivity contribution in [1.82, 2.24) is 0 Å². The van der Waals surface area contributed by atoms with E-state index < -0.39 is 0 Å². The molecule has 0 radical (unpaired) electrons. The quantitative estimate of drug-likeness (QED) is 0.491. The van der Waals surface area contributed by atoms with Crippen molar-refractivity contribution in [1.29, 1.82) is 0 Å². The fraction of sp³-hybridized carbons (Fsp3) is 0.667. The minimum atomic E-state index is 0.143. The average molecular weight is 331 g/mol. The van der Waals surface area contributed by atoms with E-state index in [1.165, 1.54) is 38.5 Å².